The summed E-state index contributed by atoms with van der Waals surface area (Å²) in [5.41, 5.74) is 9.08. The number of nitrogen functional groups attached to an aromatic ring is 1. The SMILES string of the molecule is Cc1nc(N)ccc1-c1nc2c(s1)CC(C)CC2. The molecule has 0 fully saturated rings. The van der Waals surface area contributed by atoms with Crippen molar-refractivity contribution in [1.29, 1.82) is 0 Å². The third kappa shape index (κ3) is 2.01. The Bertz CT molecular complexity index is 589. The lowest BCUT2D eigenvalue weighted by atomic mass is 9.93. The highest BCUT2D eigenvalue weighted by molar-refractivity contribution is 7.15. The highest BCUT2D eigenvalue weighted by Crippen LogP contribution is 2.35. The molecule has 2 aromatic heterocycles. The van der Waals surface area contributed by atoms with Gasteiger partial charge in [-0.15, -0.1) is 11.3 Å². The normalized spacial score (nSPS) is 18.7. The van der Waals surface area contributed by atoms with Crippen LogP contribution in [0.1, 0.15) is 29.6 Å². The standard InChI is InChI=1S/C14H17N3S/c1-8-3-5-11-12(7-8)18-14(17-11)10-4-6-13(15)16-9(10)2/h4,6,8H,3,5,7H2,1-2H3,(H2,15,16). The van der Waals surface area contributed by atoms with E-state index in [9.17, 15) is 0 Å². The molecule has 0 bridgehead atoms. The average Bonchev–Trinajstić information content (AvgIpc) is 2.71. The maximum atomic E-state index is 5.69. The third-order valence-electron chi connectivity index (χ3n) is 3.52. The first-order valence-electron chi connectivity index (χ1n) is 6.35. The van der Waals surface area contributed by atoms with Crippen LogP contribution in [0.15, 0.2) is 12.1 Å². The minimum absolute atomic E-state index is 0.575. The lowest BCUT2D eigenvalue weighted by Crippen LogP contribution is -2.09. The van der Waals surface area contributed by atoms with E-state index in [1.54, 1.807) is 0 Å². The van der Waals surface area contributed by atoms with Gasteiger partial charge in [0.05, 0.1) is 5.69 Å². The van der Waals surface area contributed by atoms with Crippen molar-refractivity contribution >= 4 is 17.2 Å². The van der Waals surface area contributed by atoms with Crippen molar-refractivity contribution < 1.29 is 0 Å². The van der Waals surface area contributed by atoms with E-state index >= 15 is 0 Å². The molecule has 0 aromatic carbocycles. The highest BCUT2D eigenvalue weighted by atomic mass is 32.1. The Balaban J connectivity index is 2.02. The summed E-state index contributed by atoms with van der Waals surface area (Å²) in [6, 6.07) is 3.89. The zero-order valence-electron chi connectivity index (χ0n) is 10.7. The van der Waals surface area contributed by atoms with Gasteiger partial charge in [-0.3, -0.25) is 0 Å². The van der Waals surface area contributed by atoms with Gasteiger partial charge >= 0.3 is 0 Å². The number of rotatable bonds is 1. The number of hydrogen-bond acceptors (Lipinski definition) is 4. The second-order valence-corrected chi connectivity index (χ2v) is 6.19. The first-order chi connectivity index (χ1) is 8.63. The molecule has 0 saturated heterocycles. The molecule has 1 aliphatic carbocycles. The number of thiazole rings is 1. The monoisotopic (exact) mass is 259 g/mol. The van der Waals surface area contributed by atoms with Crippen molar-refractivity contribution in [3.63, 3.8) is 0 Å². The smallest absolute Gasteiger partial charge is 0.125 e. The molecule has 1 unspecified atom stereocenters. The molecule has 0 aliphatic heterocycles. The Hall–Kier alpha value is -1.42. The number of nitrogens with zero attached hydrogens (tertiary/aromatic N) is 2. The van der Waals surface area contributed by atoms with Crippen molar-refractivity contribution in [2.75, 3.05) is 5.73 Å². The molecule has 2 heterocycles. The zero-order chi connectivity index (χ0) is 12.7. The second kappa shape index (κ2) is 4.35. The van der Waals surface area contributed by atoms with E-state index in [2.05, 4.69) is 11.9 Å². The van der Waals surface area contributed by atoms with Gasteiger partial charge < -0.3 is 5.73 Å². The molecule has 1 atom stereocenters. The molecular formula is C14H17N3S. The number of fused-ring (bicyclic) bond motifs is 1. The van der Waals surface area contributed by atoms with Gasteiger partial charge in [-0.1, -0.05) is 6.92 Å². The fourth-order valence-electron chi connectivity index (χ4n) is 2.46. The number of aryl methyl sites for hydroxylation is 2. The molecule has 0 amide bonds. The molecule has 4 heteroatoms. The molecule has 0 spiro atoms. The van der Waals surface area contributed by atoms with E-state index in [1.165, 1.54) is 23.4 Å². The van der Waals surface area contributed by atoms with Crippen molar-refractivity contribution in [1.82, 2.24) is 9.97 Å². The highest BCUT2D eigenvalue weighted by Gasteiger charge is 2.20. The van der Waals surface area contributed by atoms with Gasteiger partial charge in [-0.2, -0.15) is 0 Å². The van der Waals surface area contributed by atoms with Crippen molar-refractivity contribution in [3.05, 3.63) is 28.4 Å². The molecule has 0 radical (unpaired) electrons. The van der Waals surface area contributed by atoms with Gasteiger partial charge in [0.25, 0.3) is 0 Å². The van der Waals surface area contributed by atoms with E-state index in [-0.39, 0.29) is 0 Å². The maximum absolute atomic E-state index is 5.69. The summed E-state index contributed by atoms with van der Waals surface area (Å²) in [7, 11) is 0. The summed E-state index contributed by atoms with van der Waals surface area (Å²) in [5.74, 6) is 1.36. The number of anilines is 1. The second-order valence-electron chi connectivity index (χ2n) is 5.11. The molecule has 2 N–H and O–H groups in total. The summed E-state index contributed by atoms with van der Waals surface area (Å²) in [5, 5.41) is 1.10. The van der Waals surface area contributed by atoms with Gasteiger partial charge in [0.1, 0.15) is 10.8 Å². The lowest BCUT2D eigenvalue weighted by molar-refractivity contribution is 0.502. The predicted molar refractivity (Wildman–Crippen MR) is 75.7 cm³/mol. The van der Waals surface area contributed by atoms with E-state index in [0.717, 1.165) is 28.6 Å². The molecule has 2 aromatic rings. The maximum Gasteiger partial charge on any atom is 0.125 e. The lowest BCUT2D eigenvalue weighted by Gasteiger charge is -2.15. The predicted octanol–water partition coefficient (Wildman–Crippen LogP) is 3.22. The summed E-state index contributed by atoms with van der Waals surface area (Å²) in [6.45, 7) is 4.31. The van der Waals surface area contributed by atoms with Crippen LogP contribution in [0.25, 0.3) is 10.6 Å². The molecule has 94 valence electrons. The number of aromatic nitrogens is 2. The van der Waals surface area contributed by atoms with E-state index in [1.807, 2.05) is 30.4 Å². The Morgan fingerprint density at radius 3 is 2.94 bits per heavy atom. The van der Waals surface area contributed by atoms with Crippen LogP contribution in [0, 0.1) is 12.8 Å². The molecular weight excluding hydrogens is 242 g/mol. The van der Waals surface area contributed by atoms with Gasteiger partial charge in [0.2, 0.25) is 0 Å². The minimum atomic E-state index is 0.575. The Morgan fingerprint density at radius 2 is 2.17 bits per heavy atom. The molecule has 3 rings (SSSR count). The topological polar surface area (TPSA) is 51.8 Å². The summed E-state index contributed by atoms with van der Waals surface area (Å²) in [6.07, 6.45) is 3.55. The summed E-state index contributed by atoms with van der Waals surface area (Å²) in [4.78, 5) is 10.6. The van der Waals surface area contributed by atoms with Gasteiger partial charge in [-0.25, -0.2) is 9.97 Å². The third-order valence-corrected chi connectivity index (χ3v) is 4.68. The Kier molecular flexibility index (Phi) is 2.82. The van der Waals surface area contributed by atoms with Crippen LogP contribution in [0.2, 0.25) is 0 Å². The van der Waals surface area contributed by atoms with Crippen LogP contribution in [0.3, 0.4) is 0 Å². The van der Waals surface area contributed by atoms with Crippen LogP contribution in [-0.2, 0) is 12.8 Å². The molecule has 0 saturated carbocycles. The fourth-order valence-corrected chi connectivity index (χ4v) is 3.81. The van der Waals surface area contributed by atoms with E-state index in [4.69, 9.17) is 10.7 Å². The van der Waals surface area contributed by atoms with Crippen LogP contribution in [-0.4, -0.2) is 9.97 Å². The Labute approximate surface area is 111 Å². The van der Waals surface area contributed by atoms with Crippen LogP contribution in [0.5, 0.6) is 0 Å². The molecule has 1 aliphatic rings. The van der Waals surface area contributed by atoms with E-state index < -0.39 is 0 Å². The largest absolute Gasteiger partial charge is 0.384 e. The minimum Gasteiger partial charge on any atom is -0.384 e. The van der Waals surface area contributed by atoms with Crippen LogP contribution in [0.4, 0.5) is 5.82 Å². The number of hydrogen-bond donors (Lipinski definition) is 1. The number of pyridine rings is 1. The first-order valence-corrected chi connectivity index (χ1v) is 7.17. The Morgan fingerprint density at radius 1 is 1.33 bits per heavy atom. The van der Waals surface area contributed by atoms with Gasteiger partial charge in [0.15, 0.2) is 0 Å². The van der Waals surface area contributed by atoms with Gasteiger partial charge in [0, 0.05) is 16.1 Å². The average molecular weight is 259 g/mol. The fraction of sp³-hybridized carbons (Fsp3) is 0.429. The van der Waals surface area contributed by atoms with Gasteiger partial charge in [-0.05, 0) is 44.2 Å². The first kappa shape index (κ1) is 11.7. The number of nitrogens with two attached hydrogens (primary N) is 1. The molecule has 18 heavy (non-hydrogen) atoms. The zero-order valence-corrected chi connectivity index (χ0v) is 11.5. The van der Waals surface area contributed by atoms with Crippen LogP contribution < -0.4 is 5.73 Å². The van der Waals surface area contributed by atoms with Crippen LogP contribution >= 0.6 is 11.3 Å². The summed E-state index contributed by atoms with van der Waals surface area (Å²) < 4.78 is 0. The van der Waals surface area contributed by atoms with Crippen molar-refractivity contribution in [3.8, 4) is 10.6 Å². The quantitative estimate of drug-likeness (QED) is 0.855. The van der Waals surface area contributed by atoms with E-state index in [0.29, 0.717) is 5.82 Å². The van der Waals surface area contributed by atoms with Crippen molar-refractivity contribution in [2.24, 2.45) is 5.92 Å². The summed E-state index contributed by atoms with van der Waals surface area (Å²) >= 11 is 1.82. The molecule has 3 nitrogen and oxygen atoms in total. The van der Waals surface area contributed by atoms with Crippen molar-refractivity contribution in [2.45, 2.75) is 33.1 Å².